The Morgan fingerprint density at radius 3 is 2.76 bits per heavy atom. The average Bonchev–Trinajstić information content (AvgIpc) is 3.46. The van der Waals surface area contributed by atoms with Crippen molar-refractivity contribution >= 4 is 57.1 Å². The smallest absolute Gasteiger partial charge is 0.263 e. The van der Waals surface area contributed by atoms with Gasteiger partial charge in [-0.15, -0.1) is 17.7 Å². The van der Waals surface area contributed by atoms with E-state index in [4.69, 9.17) is 21.8 Å². The molecule has 0 aliphatic rings. The summed E-state index contributed by atoms with van der Waals surface area (Å²) in [5.74, 6) is 0.542. The van der Waals surface area contributed by atoms with Crippen molar-refractivity contribution in [3.05, 3.63) is 71.4 Å². The van der Waals surface area contributed by atoms with Crippen LogP contribution < -0.4 is 10.5 Å². The van der Waals surface area contributed by atoms with E-state index in [0.717, 1.165) is 5.56 Å². The molecule has 0 spiro atoms. The predicted octanol–water partition coefficient (Wildman–Crippen LogP) is 3.85. The molecule has 0 aliphatic heterocycles. The minimum atomic E-state index is -3.91. The molecule has 13 heteroatoms. The summed E-state index contributed by atoms with van der Waals surface area (Å²) in [7, 11) is -3.91. The molecule has 3 heterocycles. The Morgan fingerprint density at radius 1 is 1.12 bits per heavy atom. The zero-order valence-electron chi connectivity index (χ0n) is 17.3. The number of sulfonamides is 1. The van der Waals surface area contributed by atoms with Gasteiger partial charge >= 0.3 is 0 Å². The highest BCUT2D eigenvalue weighted by Gasteiger charge is 2.19. The van der Waals surface area contributed by atoms with Gasteiger partial charge in [-0.05, 0) is 48.0 Å². The van der Waals surface area contributed by atoms with E-state index in [0.29, 0.717) is 33.3 Å². The summed E-state index contributed by atoms with van der Waals surface area (Å²) in [6.45, 7) is 0.259. The number of aromatic nitrogens is 5. The highest BCUT2D eigenvalue weighted by atomic mass is 35.5. The minimum absolute atomic E-state index is 0.0198. The Kier molecular flexibility index (Phi) is 5.63. The normalized spacial score (nSPS) is 11.7. The van der Waals surface area contributed by atoms with Crippen molar-refractivity contribution < 1.29 is 12.8 Å². The number of rotatable bonds is 6. The zero-order valence-corrected chi connectivity index (χ0v) is 19.7. The van der Waals surface area contributed by atoms with Gasteiger partial charge in [-0.25, -0.2) is 18.1 Å². The average molecular weight is 514 g/mol. The van der Waals surface area contributed by atoms with Crippen LogP contribution in [0.4, 0.5) is 11.6 Å². The lowest BCUT2D eigenvalue weighted by Crippen LogP contribution is -2.14. The van der Waals surface area contributed by atoms with E-state index in [-0.39, 0.29) is 22.3 Å². The van der Waals surface area contributed by atoms with Gasteiger partial charge in [-0.2, -0.15) is 4.98 Å². The van der Waals surface area contributed by atoms with Gasteiger partial charge in [0.15, 0.2) is 16.9 Å². The highest BCUT2D eigenvalue weighted by molar-refractivity contribution is 7.93. The van der Waals surface area contributed by atoms with E-state index in [1.807, 2.05) is 6.07 Å². The zero-order chi connectivity index (χ0) is 23.9. The van der Waals surface area contributed by atoms with Crippen LogP contribution in [-0.2, 0) is 16.6 Å². The first-order valence-electron chi connectivity index (χ1n) is 9.81. The van der Waals surface area contributed by atoms with Crippen LogP contribution in [0.25, 0.3) is 22.6 Å². The topological polar surface area (TPSA) is 142 Å². The van der Waals surface area contributed by atoms with Crippen molar-refractivity contribution in [2.75, 3.05) is 10.5 Å². The SMILES string of the molecule is Nc1nc(-c2ccco2)c2nnn(Cc3cccc(NS(=O)(=O)c4cc(Cl)ccc4S)c3)c2n1. The number of thiol groups is 1. The van der Waals surface area contributed by atoms with E-state index in [9.17, 15) is 8.42 Å². The molecule has 3 N–H and O–H groups in total. The first-order valence-corrected chi connectivity index (χ1v) is 12.1. The first-order chi connectivity index (χ1) is 16.3. The summed E-state index contributed by atoms with van der Waals surface area (Å²) in [5, 5.41) is 8.66. The summed E-state index contributed by atoms with van der Waals surface area (Å²) in [4.78, 5) is 8.76. The fourth-order valence-corrected chi connectivity index (χ4v) is 5.29. The number of furan rings is 1. The Bertz CT molecular complexity index is 1620. The maximum absolute atomic E-state index is 12.9. The van der Waals surface area contributed by atoms with E-state index in [2.05, 4.69) is 37.6 Å². The predicted molar refractivity (Wildman–Crippen MR) is 130 cm³/mol. The molecule has 0 saturated carbocycles. The van der Waals surface area contributed by atoms with Crippen LogP contribution in [0.15, 0.2) is 75.1 Å². The number of hydrogen-bond donors (Lipinski definition) is 3. The number of nitrogens with zero attached hydrogens (tertiary/aromatic N) is 5. The van der Waals surface area contributed by atoms with Crippen molar-refractivity contribution in [1.29, 1.82) is 0 Å². The summed E-state index contributed by atoms with van der Waals surface area (Å²) in [6.07, 6.45) is 1.52. The van der Waals surface area contributed by atoms with Crippen molar-refractivity contribution in [2.45, 2.75) is 16.3 Å². The minimum Gasteiger partial charge on any atom is -0.463 e. The summed E-state index contributed by atoms with van der Waals surface area (Å²) in [5.41, 5.74) is 8.30. The first kappa shape index (κ1) is 22.2. The number of halogens is 1. The Hall–Kier alpha value is -3.61. The lowest BCUT2D eigenvalue weighted by molar-refractivity contribution is 0.580. The standard InChI is InChI=1S/C21H16ClN7O3S2/c22-13-6-7-16(33)17(10-13)34(30,31)27-14-4-1-3-12(9-14)11-29-20-19(26-28-29)18(24-21(23)25-20)15-5-2-8-32-15/h1-10,27,33H,11H2,(H2,23,24,25). The quantitative estimate of drug-likeness (QED) is 0.290. The largest absolute Gasteiger partial charge is 0.463 e. The summed E-state index contributed by atoms with van der Waals surface area (Å²) >= 11 is 10.2. The molecule has 172 valence electrons. The molecule has 34 heavy (non-hydrogen) atoms. The van der Waals surface area contributed by atoms with Crippen LogP contribution in [0.5, 0.6) is 0 Å². The molecule has 0 aliphatic carbocycles. The molecular formula is C21H16ClN7O3S2. The number of nitrogens with one attached hydrogen (secondary N) is 1. The van der Waals surface area contributed by atoms with E-state index in [1.54, 1.807) is 41.1 Å². The lowest BCUT2D eigenvalue weighted by Gasteiger charge is -2.11. The highest BCUT2D eigenvalue weighted by Crippen LogP contribution is 2.27. The molecular weight excluding hydrogens is 498 g/mol. The number of nitrogen functional groups attached to an aromatic ring is 1. The third-order valence-corrected chi connectivity index (χ3v) is 7.06. The van der Waals surface area contributed by atoms with Gasteiger partial charge in [0, 0.05) is 15.6 Å². The van der Waals surface area contributed by atoms with Crippen molar-refractivity contribution in [2.24, 2.45) is 0 Å². The van der Waals surface area contributed by atoms with E-state index in [1.165, 1.54) is 18.4 Å². The second-order valence-electron chi connectivity index (χ2n) is 7.24. The van der Waals surface area contributed by atoms with Gasteiger partial charge in [0.2, 0.25) is 5.95 Å². The number of fused-ring (bicyclic) bond motifs is 1. The molecule has 0 amide bonds. The Morgan fingerprint density at radius 2 is 1.97 bits per heavy atom. The van der Waals surface area contributed by atoms with Gasteiger partial charge in [0.1, 0.15) is 10.6 Å². The maximum atomic E-state index is 12.9. The molecule has 0 bridgehead atoms. The molecule has 5 aromatic rings. The van der Waals surface area contributed by atoms with E-state index >= 15 is 0 Å². The van der Waals surface area contributed by atoms with Crippen LogP contribution in [-0.4, -0.2) is 33.4 Å². The van der Waals surface area contributed by atoms with Crippen LogP contribution in [0.1, 0.15) is 5.56 Å². The third kappa shape index (κ3) is 4.30. The van der Waals surface area contributed by atoms with Gasteiger partial charge in [0.05, 0.1) is 12.8 Å². The molecule has 0 atom stereocenters. The van der Waals surface area contributed by atoms with Gasteiger partial charge in [-0.1, -0.05) is 28.9 Å². The lowest BCUT2D eigenvalue weighted by atomic mass is 10.2. The number of anilines is 2. The van der Waals surface area contributed by atoms with Gasteiger partial charge in [-0.3, -0.25) is 4.72 Å². The third-order valence-electron chi connectivity index (χ3n) is 4.86. The summed E-state index contributed by atoms with van der Waals surface area (Å²) < 4.78 is 35.3. The maximum Gasteiger partial charge on any atom is 0.263 e. The second kappa shape index (κ2) is 8.63. The molecule has 0 unspecified atom stereocenters. The monoisotopic (exact) mass is 513 g/mol. The van der Waals surface area contributed by atoms with Crippen LogP contribution in [0, 0.1) is 0 Å². The molecule has 0 fully saturated rings. The van der Waals surface area contributed by atoms with Crippen molar-refractivity contribution in [3.63, 3.8) is 0 Å². The number of benzene rings is 2. The molecule has 0 radical (unpaired) electrons. The number of hydrogen-bond acceptors (Lipinski definition) is 9. The van der Waals surface area contributed by atoms with Crippen LogP contribution >= 0.6 is 24.2 Å². The molecule has 3 aromatic heterocycles. The van der Waals surface area contributed by atoms with Crippen molar-refractivity contribution in [1.82, 2.24) is 25.0 Å². The summed E-state index contributed by atoms with van der Waals surface area (Å²) in [6, 6.07) is 14.8. The van der Waals surface area contributed by atoms with Crippen molar-refractivity contribution in [3.8, 4) is 11.5 Å². The van der Waals surface area contributed by atoms with Gasteiger partial charge < -0.3 is 10.2 Å². The van der Waals surface area contributed by atoms with Crippen LogP contribution in [0.3, 0.4) is 0 Å². The molecule has 2 aromatic carbocycles. The fourth-order valence-electron chi connectivity index (χ4n) is 3.38. The molecule has 5 rings (SSSR count). The number of nitrogens with two attached hydrogens (primary N) is 1. The van der Waals surface area contributed by atoms with E-state index < -0.39 is 10.0 Å². The Labute approximate surface area is 204 Å². The molecule has 10 nitrogen and oxygen atoms in total. The van der Waals surface area contributed by atoms with Crippen LogP contribution in [0.2, 0.25) is 5.02 Å². The second-order valence-corrected chi connectivity index (χ2v) is 9.81. The van der Waals surface area contributed by atoms with Gasteiger partial charge in [0.25, 0.3) is 10.0 Å². The Balaban J connectivity index is 1.45. The molecule has 0 saturated heterocycles. The fraction of sp³-hybridized carbons (Fsp3) is 0.0476.